The van der Waals surface area contributed by atoms with E-state index in [1.807, 2.05) is 6.92 Å². The van der Waals surface area contributed by atoms with E-state index in [2.05, 4.69) is 24.1 Å². The molecule has 1 N–H and O–H groups in total. The maximum Gasteiger partial charge on any atom is 0.257 e. The molecule has 0 saturated carbocycles. The minimum atomic E-state index is -0.258. The van der Waals surface area contributed by atoms with Gasteiger partial charge in [-0.25, -0.2) is 4.39 Å². The van der Waals surface area contributed by atoms with Gasteiger partial charge in [-0.1, -0.05) is 26.0 Å². The van der Waals surface area contributed by atoms with Crippen LogP contribution in [-0.2, 0) is 16.1 Å². The second-order valence-corrected chi connectivity index (χ2v) is 9.66. The highest BCUT2D eigenvalue weighted by atomic mass is 19.1. The molecule has 2 amide bonds. The van der Waals surface area contributed by atoms with E-state index in [1.54, 1.807) is 49.4 Å². The van der Waals surface area contributed by atoms with Crippen molar-refractivity contribution < 1.29 is 23.5 Å². The monoisotopic (exact) mass is 499 g/mol. The Labute approximate surface area is 213 Å². The van der Waals surface area contributed by atoms with E-state index in [9.17, 15) is 14.0 Å². The van der Waals surface area contributed by atoms with Crippen molar-refractivity contribution in [2.24, 2.45) is 5.92 Å². The molecule has 1 heterocycles. The fraction of sp³-hybridized carbons (Fsp3) is 0.500. The first-order valence-electron chi connectivity index (χ1n) is 12.5. The first-order chi connectivity index (χ1) is 17.2. The van der Waals surface area contributed by atoms with Gasteiger partial charge in [0.05, 0.1) is 11.7 Å². The lowest BCUT2D eigenvalue weighted by atomic mass is 10.0. The summed E-state index contributed by atoms with van der Waals surface area (Å²) < 4.78 is 25.4. The van der Waals surface area contributed by atoms with Gasteiger partial charge in [-0.05, 0) is 55.2 Å². The van der Waals surface area contributed by atoms with Crippen molar-refractivity contribution in [3.8, 4) is 5.75 Å². The number of carbonyl (C=O) groups is 2. The van der Waals surface area contributed by atoms with Gasteiger partial charge in [-0.3, -0.25) is 14.5 Å². The highest BCUT2D eigenvalue weighted by Crippen LogP contribution is 2.27. The Hall–Kier alpha value is -2.97. The Morgan fingerprint density at radius 2 is 1.89 bits per heavy atom. The van der Waals surface area contributed by atoms with Crippen molar-refractivity contribution in [3.05, 3.63) is 59.4 Å². The minimum Gasteiger partial charge on any atom is -0.491 e. The number of fused-ring (bicyclic) bond motifs is 1. The summed E-state index contributed by atoms with van der Waals surface area (Å²) in [6, 6.07) is 11.7. The zero-order chi connectivity index (χ0) is 26.2. The van der Waals surface area contributed by atoms with Crippen LogP contribution in [0.3, 0.4) is 0 Å². The van der Waals surface area contributed by atoms with Gasteiger partial charge in [0.2, 0.25) is 5.91 Å². The summed E-state index contributed by atoms with van der Waals surface area (Å²) in [6.45, 7) is 8.25. The number of nitrogens with zero attached hydrogens (tertiary/aromatic N) is 2. The molecule has 0 unspecified atom stereocenters. The van der Waals surface area contributed by atoms with Gasteiger partial charge in [-0.15, -0.1) is 0 Å². The van der Waals surface area contributed by atoms with E-state index < -0.39 is 0 Å². The van der Waals surface area contributed by atoms with E-state index in [0.29, 0.717) is 43.1 Å². The largest absolute Gasteiger partial charge is 0.491 e. The van der Waals surface area contributed by atoms with E-state index in [-0.39, 0.29) is 35.7 Å². The van der Waals surface area contributed by atoms with Gasteiger partial charge in [0.1, 0.15) is 18.2 Å². The molecule has 2 aromatic rings. The van der Waals surface area contributed by atoms with E-state index >= 15 is 0 Å². The zero-order valence-corrected chi connectivity index (χ0v) is 21.9. The molecule has 8 heteroatoms. The molecule has 0 spiro atoms. The first kappa shape index (κ1) is 27.6. The van der Waals surface area contributed by atoms with Crippen LogP contribution in [0.2, 0.25) is 0 Å². The molecule has 0 aromatic heterocycles. The number of ether oxygens (including phenoxy) is 2. The molecular formula is C28H38FN3O4. The Kier molecular flexibility index (Phi) is 9.84. The SMILES string of the molecule is CCCC(=O)Nc1ccc2c(c1)C(=O)N(C)C[C@H](OC)[C@H](C)CN(Cc1ccc(F)cc1)[C@H](C)CO2. The Balaban J connectivity index is 1.91. The lowest BCUT2D eigenvalue weighted by molar-refractivity contribution is -0.116. The quantitative estimate of drug-likeness (QED) is 0.631. The van der Waals surface area contributed by atoms with E-state index in [4.69, 9.17) is 9.47 Å². The number of benzene rings is 2. The Bertz CT molecular complexity index is 1030. The van der Waals surface area contributed by atoms with Gasteiger partial charge < -0.3 is 19.7 Å². The average Bonchev–Trinajstić information content (AvgIpc) is 2.86. The van der Waals surface area contributed by atoms with E-state index in [0.717, 1.165) is 18.5 Å². The third-order valence-electron chi connectivity index (χ3n) is 6.63. The van der Waals surface area contributed by atoms with Crippen LogP contribution in [-0.4, -0.2) is 67.6 Å². The third-order valence-corrected chi connectivity index (χ3v) is 6.63. The maximum atomic E-state index is 13.4. The van der Waals surface area contributed by atoms with Crippen LogP contribution in [0.1, 0.15) is 49.5 Å². The normalized spacial score (nSPS) is 21.7. The molecule has 1 aliphatic rings. The summed E-state index contributed by atoms with van der Waals surface area (Å²) in [5, 5.41) is 2.86. The van der Waals surface area contributed by atoms with Crippen molar-refractivity contribution in [3.63, 3.8) is 0 Å². The smallest absolute Gasteiger partial charge is 0.257 e. The summed E-state index contributed by atoms with van der Waals surface area (Å²) in [7, 11) is 3.41. The fourth-order valence-electron chi connectivity index (χ4n) is 4.42. The summed E-state index contributed by atoms with van der Waals surface area (Å²) in [6.07, 6.45) is 0.971. The molecule has 0 bridgehead atoms. The Morgan fingerprint density at radius 1 is 1.17 bits per heavy atom. The third kappa shape index (κ3) is 7.27. The van der Waals surface area contributed by atoms with Crippen molar-refractivity contribution >= 4 is 17.5 Å². The van der Waals surface area contributed by atoms with Crippen molar-refractivity contribution in [1.82, 2.24) is 9.80 Å². The van der Waals surface area contributed by atoms with Gasteiger partial charge >= 0.3 is 0 Å². The molecular weight excluding hydrogens is 461 g/mol. The second-order valence-electron chi connectivity index (χ2n) is 9.66. The standard InChI is InChI=1S/C28H38FN3O4/c1-6-7-27(33)30-23-12-13-25-24(14-23)28(34)31(4)17-26(35-5)19(2)15-32(20(3)18-36-25)16-21-8-10-22(29)11-9-21/h8-14,19-20,26H,6-7,15-18H2,1-5H3,(H,30,33)/t19-,20-,26+/m1/s1. The number of halogens is 1. The summed E-state index contributed by atoms with van der Waals surface area (Å²) in [4.78, 5) is 29.5. The lowest BCUT2D eigenvalue weighted by Gasteiger charge is -2.36. The number of amides is 2. The van der Waals surface area contributed by atoms with Crippen molar-refractivity contribution in [1.29, 1.82) is 0 Å². The highest BCUT2D eigenvalue weighted by Gasteiger charge is 2.28. The second kappa shape index (κ2) is 12.8. The number of carbonyl (C=O) groups excluding carboxylic acids is 2. The fourth-order valence-corrected chi connectivity index (χ4v) is 4.42. The summed E-state index contributed by atoms with van der Waals surface area (Å²) in [5.74, 6) is 0.0438. The molecule has 2 aromatic carbocycles. The predicted molar refractivity (Wildman–Crippen MR) is 139 cm³/mol. The van der Waals surface area contributed by atoms with Crippen LogP contribution >= 0.6 is 0 Å². The number of hydrogen-bond acceptors (Lipinski definition) is 5. The summed E-state index contributed by atoms with van der Waals surface area (Å²) in [5.41, 5.74) is 1.97. The molecule has 1 aliphatic heterocycles. The lowest BCUT2D eigenvalue weighted by Crippen LogP contribution is -2.46. The molecule has 0 aliphatic carbocycles. The van der Waals surface area contributed by atoms with Gasteiger partial charge in [-0.2, -0.15) is 0 Å². The molecule has 0 radical (unpaired) electrons. The molecule has 3 atom stereocenters. The molecule has 196 valence electrons. The molecule has 0 saturated heterocycles. The van der Waals surface area contributed by atoms with Crippen LogP contribution in [0, 0.1) is 11.7 Å². The van der Waals surface area contributed by atoms with E-state index in [1.165, 1.54) is 12.1 Å². The molecule has 3 rings (SSSR count). The van der Waals surface area contributed by atoms with Gasteiger partial charge in [0.25, 0.3) is 5.91 Å². The van der Waals surface area contributed by atoms with Crippen molar-refractivity contribution in [2.45, 2.75) is 52.3 Å². The predicted octanol–water partition coefficient (Wildman–Crippen LogP) is 4.57. The van der Waals surface area contributed by atoms with Crippen molar-refractivity contribution in [2.75, 3.05) is 39.2 Å². The van der Waals surface area contributed by atoms with Gasteiger partial charge in [0, 0.05) is 51.9 Å². The number of nitrogens with one attached hydrogen (secondary N) is 1. The minimum absolute atomic E-state index is 0.0130. The first-order valence-corrected chi connectivity index (χ1v) is 12.5. The number of likely N-dealkylation sites (N-methyl/N-ethyl adjacent to an activating group) is 1. The highest BCUT2D eigenvalue weighted by molar-refractivity contribution is 5.99. The maximum absolute atomic E-state index is 13.4. The number of anilines is 1. The number of hydrogen-bond donors (Lipinski definition) is 1. The topological polar surface area (TPSA) is 71.1 Å². The van der Waals surface area contributed by atoms with Crippen LogP contribution in [0.15, 0.2) is 42.5 Å². The van der Waals surface area contributed by atoms with Crippen LogP contribution < -0.4 is 10.1 Å². The van der Waals surface area contributed by atoms with Crippen LogP contribution in [0.5, 0.6) is 5.75 Å². The molecule has 0 fully saturated rings. The number of rotatable bonds is 6. The summed E-state index contributed by atoms with van der Waals surface area (Å²) >= 11 is 0. The van der Waals surface area contributed by atoms with Crippen LogP contribution in [0.25, 0.3) is 0 Å². The number of methoxy groups -OCH3 is 1. The zero-order valence-electron chi connectivity index (χ0n) is 21.9. The van der Waals surface area contributed by atoms with Crippen LogP contribution in [0.4, 0.5) is 10.1 Å². The molecule has 36 heavy (non-hydrogen) atoms. The average molecular weight is 500 g/mol. The Morgan fingerprint density at radius 3 is 2.56 bits per heavy atom. The van der Waals surface area contributed by atoms with Gasteiger partial charge in [0.15, 0.2) is 0 Å². The molecule has 7 nitrogen and oxygen atoms in total.